The second-order valence-electron chi connectivity index (χ2n) is 7.58. The summed E-state index contributed by atoms with van der Waals surface area (Å²) in [4.78, 5) is 35.3. The number of halogens is 1. The van der Waals surface area contributed by atoms with Crippen LogP contribution in [-0.2, 0) is 6.42 Å². The molecule has 0 amide bonds. The number of anilines is 1. The number of aromatic amines is 1. The summed E-state index contributed by atoms with van der Waals surface area (Å²) in [6.07, 6.45) is 7.80. The summed E-state index contributed by atoms with van der Waals surface area (Å²) >= 11 is 6.34. The van der Waals surface area contributed by atoms with Gasteiger partial charge in [-0.1, -0.05) is 29.8 Å². The van der Waals surface area contributed by atoms with Gasteiger partial charge >= 0.3 is 0 Å². The van der Waals surface area contributed by atoms with Crippen molar-refractivity contribution in [3.63, 3.8) is 0 Å². The molecular formula is C25H22ClN3O2. The number of H-pyrrole nitrogens is 1. The molecule has 0 radical (unpaired) electrons. The molecule has 0 bridgehead atoms. The second-order valence-corrected chi connectivity index (χ2v) is 8.07. The average Bonchev–Trinajstić information content (AvgIpc) is 2.77. The lowest BCUT2D eigenvalue weighted by Crippen LogP contribution is -2.22. The number of nitrogens with zero attached hydrogens (tertiary/aromatic N) is 2. The summed E-state index contributed by atoms with van der Waals surface area (Å²) in [5.41, 5.74) is 4.37. The number of carbonyl (C=O) groups excluding carboxylic acids is 1. The molecule has 0 unspecified atom stereocenters. The first kappa shape index (κ1) is 20.8. The van der Waals surface area contributed by atoms with Crippen LogP contribution in [0.2, 0.25) is 0 Å². The van der Waals surface area contributed by atoms with Gasteiger partial charge in [-0.15, -0.1) is 0 Å². The van der Waals surface area contributed by atoms with E-state index in [0.29, 0.717) is 29.1 Å². The molecule has 0 atom stereocenters. The van der Waals surface area contributed by atoms with E-state index in [1.165, 1.54) is 6.08 Å². The smallest absolute Gasteiger partial charge is 0.260 e. The Labute approximate surface area is 185 Å². The summed E-state index contributed by atoms with van der Waals surface area (Å²) in [5.74, 6) is -0.378. The molecule has 5 nitrogen and oxygen atoms in total. The Bertz CT molecular complexity index is 1240. The minimum Gasteiger partial charge on any atom is -0.378 e. The van der Waals surface area contributed by atoms with Crippen LogP contribution in [0.15, 0.2) is 64.6 Å². The Morgan fingerprint density at radius 1 is 1.13 bits per heavy atom. The van der Waals surface area contributed by atoms with E-state index >= 15 is 0 Å². The predicted molar refractivity (Wildman–Crippen MR) is 127 cm³/mol. The van der Waals surface area contributed by atoms with Gasteiger partial charge in [0.15, 0.2) is 5.78 Å². The van der Waals surface area contributed by atoms with Crippen molar-refractivity contribution in [2.75, 3.05) is 19.0 Å². The van der Waals surface area contributed by atoms with Crippen molar-refractivity contribution in [3.05, 3.63) is 92.6 Å². The molecule has 0 fully saturated rings. The number of aromatic nitrogens is 2. The van der Waals surface area contributed by atoms with E-state index in [-0.39, 0.29) is 11.3 Å². The molecule has 2 heterocycles. The fourth-order valence-corrected chi connectivity index (χ4v) is 3.88. The van der Waals surface area contributed by atoms with Crippen LogP contribution in [0.4, 0.5) is 5.69 Å². The maximum atomic E-state index is 13.2. The fourth-order valence-electron chi connectivity index (χ4n) is 3.68. The number of hydrogen-bond acceptors (Lipinski definition) is 4. The highest BCUT2D eigenvalue weighted by Crippen LogP contribution is 2.35. The highest BCUT2D eigenvalue weighted by Gasteiger charge is 2.24. The summed E-state index contributed by atoms with van der Waals surface area (Å²) in [6.45, 7) is 0. The zero-order valence-electron chi connectivity index (χ0n) is 17.4. The van der Waals surface area contributed by atoms with Gasteiger partial charge < -0.3 is 9.88 Å². The molecular weight excluding hydrogens is 410 g/mol. The Kier molecular flexibility index (Phi) is 5.87. The summed E-state index contributed by atoms with van der Waals surface area (Å²) < 4.78 is 0. The summed E-state index contributed by atoms with van der Waals surface area (Å²) in [7, 11) is 3.92. The van der Waals surface area contributed by atoms with Crippen molar-refractivity contribution >= 4 is 35.2 Å². The predicted octanol–water partition coefficient (Wildman–Crippen LogP) is 4.92. The monoisotopic (exact) mass is 431 g/mol. The maximum Gasteiger partial charge on any atom is 0.260 e. The standard InChI is InChI=1S/C25H22ClN3O2/c1-29(2)19-10-6-16(7-11-19)23-20-15-17(26)8-12-21(20)28-25(31)24(23)22(30)13-9-18-5-3-4-14-27-18/h3-7,9-11,13-15H,8,12H2,1-2H3,(H,28,31)/b13-9+. The van der Waals surface area contributed by atoms with Crippen LogP contribution in [0.5, 0.6) is 0 Å². The molecule has 0 saturated heterocycles. The number of fused-ring (bicyclic) bond motifs is 1. The number of pyridine rings is 2. The van der Waals surface area contributed by atoms with E-state index in [1.54, 1.807) is 24.4 Å². The Morgan fingerprint density at radius 2 is 1.90 bits per heavy atom. The van der Waals surface area contributed by atoms with E-state index in [2.05, 4.69) is 9.97 Å². The van der Waals surface area contributed by atoms with E-state index in [9.17, 15) is 9.59 Å². The number of carbonyl (C=O) groups is 1. The van der Waals surface area contributed by atoms with Crippen molar-refractivity contribution in [3.8, 4) is 11.1 Å². The van der Waals surface area contributed by atoms with E-state index in [1.807, 2.05) is 55.4 Å². The van der Waals surface area contributed by atoms with Crippen molar-refractivity contribution in [1.29, 1.82) is 0 Å². The molecule has 0 spiro atoms. The van der Waals surface area contributed by atoms with E-state index in [0.717, 1.165) is 22.5 Å². The van der Waals surface area contributed by atoms with Crippen LogP contribution < -0.4 is 10.5 Å². The van der Waals surface area contributed by atoms with Crippen LogP contribution in [0.1, 0.15) is 33.7 Å². The van der Waals surface area contributed by atoms with Crippen LogP contribution >= 0.6 is 11.6 Å². The zero-order valence-corrected chi connectivity index (χ0v) is 18.1. The normalized spacial score (nSPS) is 13.1. The van der Waals surface area contributed by atoms with Gasteiger partial charge in [-0.05, 0) is 60.9 Å². The number of hydrogen-bond donors (Lipinski definition) is 1. The number of allylic oxidation sites excluding steroid dienone is 2. The minimum absolute atomic E-state index is 0.103. The number of nitrogens with one attached hydrogen (secondary N) is 1. The van der Waals surface area contributed by atoms with Gasteiger partial charge in [0.25, 0.3) is 5.56 Å². The summed E-state index contributed by atoms with van der Waals surface area (Å²) in [6, 6.07) is 13.2. The zero-order chi connectivity index (χ0) is 22.0. The number of benzene rings is 1. The molecule has 1 aliphatic carbocycles. The molecule has 4 rings (SSSR count). The second kappa shape index (κ2) is 8.74. The van der Waals surface area contributed by atoms with Gasteiger partial charge in [-0.25, -0.2) is 0 Å². The first-order valence-electron chi connectivity index (χ1n) is 10.0. The molecule has 1 aromatic carbocycles. The molecule has 31 heavy (non-hydrogen) atoms. The molecule has 6 heteroatoms. The lowest BCUT2D eigenvalue weighted by Gasteiger charge is -2.20. The highest BCUT2D eigenvalue weighted by atomic mass is 35.5. The van der Waals surface area contributed by atoms with Crippen molar-refractivity contribution in [2.24, 2.45) is 0 Å². The molecule has 156 valence electrons. The van der Waals surface area contributed by atoms with Crippen molar-refractivity contribution in [1.82, 2.24) is 9.97 Å². The Balaban J connectivity index is 1.89. The van der Waals surface area contributed by atoms with Gasteiger partial charge in [-0.2, -0.15) is 0 Å². The maximum absolute atomic E-state index is 13.2. The quantitative estimate of drug-likeness (QED) is 0.459. The third-order valence-corrected chi connectivity index (χ3v) is 5.56. The van der Waals surface area contributed by atoms with E-state index in [4.69, 9.17) is 11.6 Å². The molecule has 0 saturated carbocycles. The van der Waals surface area contributed by atoms with Crippen molar-refractivity contribution in [2.45, 2.75) is 12.8 Å². The SMILES string of the molecule is CN(C)c1ccc(-c2c3c([nH]c(=O)c2C(=O)/C=C/c2ccccn2)CCC(Cl)=C3)cc1. The minimum atomic E-state index is -0.396. The van der Waals surface area contributed by atoms with Gasteiger partial charge in [0.2, 0.25) is 0 Å². The van der Waals surface area contributed by atoms with Gasteiger partial charge in [-0.3, -0.25) is 14.6 Å². The van der Waals surface area contributed by atoms with Crippen molar-refractivity contribution < 1.29 is 4.79 Å². The van der Waals surface area contributed by atoms with Gasteiger partial charge in [0.05, 0.1) is 11.3 Å². The first-order chi connectivity index (χ1) is 14.9. The first-order valence-corrected chi connectivity index (χ1v) is 10.4. The summed E-state index contributed by atoms with van der Waals surface area (Å²) in [5, 5.41) is 0.702. The van der Waals surface area contributed by atoms with Crippen LogP contribution in [0.3, 0.4) is 0 Å². The third-order valence-electron chi connectivity index (χ3n) is 5.26. The van der Waals surface area contributed by atoms with Crippen LogP contribution in [-0.4, -0.2) is 29.8 Å². The lowest BCUT2D eigenvalue weighted by molar-refractivity contribution is 0.104. The lowest BCUT2D eigenvalue weighted by atomic mass is 9.88. The molecule has 0 aliphatic heterocycles. The third kappa shape index (κ3) is 4.37. The molecule has 1 N–H and O–H groups in total. The van der Waals surface area contributed by atoms with Gasteiger partial charge in [0, 0.05) is 47.8 Å². The average molecular weight is 432 g/mol. The number of rotatable bonds is 5. The highest BCUT2D eigenvalue weighted by molar-refractivity contribution is 6.32. The number of aryl methyl sites for hydroxylation is 1. The Morgan fingerprint density at radius 3 is 2.58 bits per heavy atom. The number of ketones is 1. The topological polar surface area (TPSA) is 66.1 Å². The van der Waals surface area contributed by atoms with E-state index < -0.39 is 5.56 Å². The molecule has 3 aromatic rings. The largest absolute Gasteiger partial charge is 0.378 e. The fraction of sp³-hybridized carbons (Fsp3) is 0.160. The molecule has 2 aromatic heterocycles. The Hall–Kier alpha value is -3.44. The van der Waals surface area contributed by atoms with Gasteiger partial charge in [0.1, 0.15) is 0 Å². The molecule has 1 aliphatic rings. The van der Waals surface area contributed by atoms with Crippen LogP contribution in [0, 0.1) is 0 Å². The van der Waals surface area contributed by atoms with Crippen LogP contribution in [0.25, 0.3) is 23.3 Å².